The first-order valence-corrected chi connectivity index (χ1v) is 7.36. The largest absolute Gasteiger partial charge is 0.466 e. The molecule has 5 nitrogen and oxygen atoms in total. The van der Waals surface area contributed by atoms with Crippen molar-refractivity contribution in [3.8, 4) is 0 Å². The van der Waals surface area contributed by atoms with Gasteiger partial charge in [-0.05, 0) is 14.0 Å². The summed E-state index contributed by atoms with van der Waals surface area (Å²) in [4.78, 5) is 25.2. The van der Waals surface area contributed by atoms with Gasteiger partial charge in [0.15, 0.2) is 0 Å². The fourth-order valence-corrected chi connectivity index (χ4v) is 2.89. The first kappa shape index (κ1) is 15.7. The summed E-state index contributed by atoms with van der Waals surface area (Å²) < 4.78 is 4.89. The molecule has 0 spiro atoms. The normalized spacial score (nSPS) is 23.6. The average Bonchev–Trinajstić information content (AvgIpc) is 2.89. The molecule has 0 aromatic heterocycles. The van der Waals surface area contributed by atoms with Gasteiger partial charge in [-0.25, -0.2) is 14.6 Å². The summed E-state index contributed by atoms with van der Waals surface area (Å²) in [5.74, 6) is -0.520. The minimum absolute atomic E-state index is 0.520. The molecule has 23 heavy (non-hydrogen) atoms. The van der Waals surface area contributed by atoms with Gasteiger partial charge in [0.1, 0.15) is 0 Å². The fourth-order valence-electron chi connectivity index (χ4n) is 2.89. The second-order valence-corrected chi connectivity index (χ2v) is 5.58. The average molecular weight is 313 g/mol. The van der Waals surface area contributed by atoms with Crippen LogP contribution >= 0.6 is 0 Å². The molecular formula is C18H19NO4. The molecule has 0 radical (unpaired) electrons. The minimum Gasteiger partial charge on any atom is -0.466 e. The lowest BCUT2D eigenvalue weighted by Gasteiger charge is -2.36. The Balaban J connectivity index is 2.18. The van der Waals surface area contributed by atoms with E-state index in [1.807, 2.05) is 60.7 Å². The van der Waals surface area contributed by atoms with Crippen molar-refractivity contribution in [1.82, 2.24) is 4.90 Å². The Kier molecular flexibility index (Phi) is 3.93. The molecule has 1 atom stereocenters. The van der Waals surface area contributed by atoms with E-state index < -0.39 is 17.4 Å². The number of ether oxygens (including phenoxy) is 1. The zero-order valence-corrected chi connectivity index (χ0v) is 13.4. The van der Waals surface area contributed by atoms with Crippen molar-refractivity contribution in [2.45, 2.75) is 18.4 Å². The molecule has 5 heteroatoms. The van der Waals surface area contributed by atoms with Gasteiger partial charge in [0.05, 0.1) is 7.11 Å². The number of hydrogen-bond donors (Lipinski definition) is 0. The number of methoxy groups -OCH3 is 1. The molecule has 0 saturated carbocycles. The van der Waals surface area contributed by atoms with E-state index in [1.54, 1.807) is 18.9 Å². The van der Waals surface area contributed by atoms with Crippen LogP contribution in [0.2, 0.25) is 0 Å². The summed E-state index contributed by atoms with van der Waals surface area (Å²) in [6.07, 6.45) is 0. The van der Waals surface area contributed by atoms with Crippen molar-refractivity contribution < 1.29 is 19.3 Å². The highest BCUT2D eigenvalue weighted by Gasteiger charge is 2.60. The smallest absolute Gasteiger partial charge is 0.356 e. The summed E-state index contributed by atoms with van der Waals surface area (Å²) in [6.45, 7) is 1.63. The summed E-state index contributed by atoms with van der Waals surface area (Å²) in [5.41, 5.74) is -0.658. The van der Waals surface area contributed by atoms with E-state index >= 15 is 0 Å². The van der Waals surface area contributed by atoms with Crippen molar-refractivity contribution in [3.63, 3.8) is 0 Å². The first-order valence-electron chi connectivity index (χ1n) is 7.36. The number of carbonyl (C=O) groups excluding carboxylic acids is 1. The molecule has 0 bridgehead atoms. The predicted molar refractivity (Wildman–Crippen MR) is 84.0 cm³/mol. The lowest BCUT2D eigenvalue weighted by atomic mass is 9.91. The highest BCUT2D eigenvalue weighted by molar-refractivity contribution is 5.79. The summed E-state index contributed by atoms with van der Waals surface area (Å²) >= 11 is 0. The molecule has 120 valence electrons. The van der Waals surface area contributed by atoms with Crippen LogP contribution in [0.25, 0.3) is 0 Å². The van der Waals surface area contributed by atoms with Gasteiger partial charge in [0.2, 0.25) is 5.72 Å². The van der Waals surface area contributed by atoms with Crippen molar-refractivity contribution in [1.29, 1.82) is 0 Å². The summed E-state index contributed by atoms with van der Waals surface area (Å²) in [5, 5.41) is 0. The van der Waals surface area contributed by atoms with Crippen LogP contribution in [-0.4, -0.2) is 30.8 Å². The number of rotatable bonds is 3. The van der Waals surface area contributed by atoms with Crippen LogP contribution in [0.15, 0.2) is 60.7 Å². The molecular weight excluding hydrogens is 294 g/mol. The Morgan fingerprint density at radius 1 is 0.957 bits per heavy atom. The van der Waals surface area contributed by atoms with Crippen molar-refractivity contribution in [2.75, 3.05) is 14.2 Å². The predicted octanol–water partition coefficient (Wildman–Crippen LogP) is 2.67. The maximum atomic E-state index is 12.2. The van der Waals surface area contributed by atoms with E-state index in [9.17, 15) is 4.79 Å². The fraction of sp³-hybridized carbons (Fsp3) is 0.278. The summed E-state index contributed by atoms with van der Waals surface area (Å²) in [6, 6.07) is 19.3. The van der Waals surface area contributed by atoms with Crippen LogP contribution in [0, 0.1) is 0 Å². The number of carbonyl (C=O) groups is 1. The highest BCUT2D eigenvalue weighted by Crippen LogP contribution is 2.46. The lowest BCUT2D eigenvalue weighted by Crippen LogP contribution is -2.54. The van der Waals surface area contributed by atoms with E-state index in [2.05, 4.69) is 0 Å². The molecule has 1 saturated heterocycles. The van der Waals surface area contributed by atoms with Gasteiger partial charge in [-0.1, -0.05) is 60.7 Å². The Hall–Kier alpha value is -2.21. The second-order valence-electron chi connectivity index (χ2n) is 5.58. The maximum Gasteiger partial charge on any atom is 0.356 e. The van der Waals surface area contributed by atoms with E-state index in [4.69, 9.17) is 14.5 Å². The Labute approximate surface area is 135 Å². The van der Waals surface area contributed by atoms with Gasteiger partial charge in [-0.2, -0.15) is 4.89 Å². The van der Waals surface area contributed by atoms with Gasteiger partial charge >= 0.3 is 5.97 Å². The molecule has 1 aliphatic rings. The molecule has 0 amide bonds. The molecule has 1 unspecified atom stereocenters. The molecule has 2 aromatic rings. The minimum atomic E-state index is -1.35. The molecule has 1 heterocycles. The Morgan fingerprint density at radius 2 is 1.43 bits per heavy atom. The third-order valence-corrected chi connectivity index (χ3v) is 4.33. The quantitative estimate of drug-likeness (QED) is 0.644. The standard InChI is InChI=1S/C18H19NO4/c1-17(16(20)21-3)19(2)18(23-22-17,14-10-6-4-7-11-14)15-12-8-5-9-13-15/h4-13H,1-3H3. The second kappa shape index (κ2) is 5.77. The van der Waals surface area contributed by atoms with E-state index in [0.717, 1.165) is 11.1 Å². The van der Waals surface area contributed by atoms with Gasteiger partial charge in [0, 0.05) is 11.1 Å². The summed E-state index contributed by atoms with van der Waals surface area (Å²) in [7, 11) is 3.11. The molecule has 0 aliphatic carbocycles. The van der Waals surface area contributed by atoms with Crippen LogP contribution in [0.5, 0.6) is 0 Å². The number of nitrogens with zero attached hydrogens (tertiary/aromatic N) is 1. The van der Waals surface area contributed by atoms with Crippen molar-refractivity contribution >= 4 is 5.97 Å². The first-order chi connectivity index (χ1) is 11.1. The monoisotopic (exact) mass is 313 g/mol. The number of benzene rings is 2. The van der Waals surface area contributed by atoms with Crippen LogP contribution in [0.3, 0.4) is 0 Å². The molecule has 3 rings (SSSR count). The van der Waals surface area contributed by atoms with Crippen LogP contribution in [0.1, 0.15) is 18.1 Å². The maximum absolute atomic E-state index is 12.2. The van der Waals surface area contributed by atoms with Gasteiger partial charge in [-0.15, -0.1) is 0 Å². The van der Waals surface area contributed by atoms with Crippen molar-refractivity contribution in [3.05, 3.63) is 71.8 Å². The van der Waals surface area contributed by atoms with Gasteiger partial charge in [-0.3, -0.25) is 0 Å². The number of likely N-dealkylation sites (N-methyl/N-ethyl adjacent to an activating group) is 1. The highest BCUT2D eigenvalue weighted by atomic mass is 17.2. The van der Waals surface area contributed by atoms with Crippen LogP contribution in [0.4, 0.5) is 0 Å². The van der Waals surface area contributed by atoms with Crippen LogP contribution in [-0.2, 0) is 25.0 Å². The Bertz CT molecular complexity index is 649. The zero-order chi connectivity index (χ0) is 16.5. The Morgan fingerprint density at radius 3 is 1.87 bits per heavy atom. The SMILES string of the molecule is COC(=O)C1(C)OOC(c2ccccc2)(c2ccccc2)N1C. The van der Waals surface area contributed by atoms with E-state index in [1.165, 1.54) is 7.11 Å². The van der Waals surface area contributed by atoms with E-state index in [0.29, 0.717) is 0 Å². The third-order valence-electron chi connectivity index (χ3n) is 4.33. The molecule has 2 aromatic carbocycles. The molecule has 1 aliphatic heterocycles. The molecule has 1 fully saturated rings. The van der Waals surface area contributed by atoms with Crippen LogP contribution < -0.4 is 0 Å². The number of hydrogen-bond acceptors (Lipinski definition) is 5. The molecule has 0 N–H and O–H groups in total. The lowest BCUT2D eigenvalue weighted by molar-refractivity contribution is -0.338. The van der Waals surface area contributed by atoms with Crippen molar-refractivity contribution in [2.24, 2.45) is 0 Å². The van der Waals surface area contributed by atoms with Gasteiger partial charge in [0.25, 0.3) is 5.72 Å². The topological polar surface area (TPSA) is 48.0 Å². The van der Waals surface area contributed by atoms with Gasteiger partial charge < -0.3 is 4.74 Å². The third kappa shape index (κ3) is 2.25. The van der Waals surface area contributed by atoms with E-state index in [-0.39, 0.29) is 0 Å². The number of esters is 1. The zero-order valence-electron chi connectivity index (χ0n) is 13.4.